The number of nitrogens with zero attached hydrogens (tertiary/aromatic N) is 1. The van der Waals surface area contributed by atoms with Crippen LogP contribution in [0.1, 0.15) is 29.8 Å². The van der Waals surface area contributed by atoms with Gasteiger partial charge in [-0.3, -0.25) is 4.79 Å². The van der Waals surface area contributed by atoms with Gasteiger partial charge in [-0.05, 0) is 55.1 Å². The minimum absolute atomic E-state index is 0.0671. The van der Waals surface area contributed by atoms with E-state index in [1.54, 1.807) is 12.3 Å². The molecule has 0 aliphatic heterocycles. The number of carboxylic acid groups (broad SMARTS) is 1. The molecule has 4 rings (SSSR count). The quantitative estimate of drug-likeness (QED) is 0.870. The van der Waals surface area contributed by atoms with Crippen LogP contribution < -0.4 is 5.32 Å². The summed E-state index contributed by atoms with van der Waals surface area (Å²) in [6.45, 7) is 0.0971. The predicted octanol–water partition coefficient (Wildman–Crippen LogP) is 1.35. The van der Waals surface area contributed by atoms with Gasteiger partial charge in [0.25, 0.3) is 0 Å². The highest BCUT2D eigenvalue weighted by atomic mass is 16.4. The molecule has 20 heavy (non-hydrogen) atoms. The smallest absolute Gasteiger partial charge is 0.352 e. The van der Waals surface area contributed by atoms with Gasteiger partial charge in [-0.15, -0.1) is 0 Å². The summed E-state index contributed by atoms with van der Waals surface area (Å²) in [6.07, 6.45) is 5.67. The molecule has 0 aromatic carbocycles. The molecule has 3 aliphatic rings. The summed E-state index contributed by atoms with van der Waals surface area (Å²) in [6, 6.07) is 3.53. The minimum atomic E-state index is -0.996. The maximum Gasteiger partial charge on any atom is 0.352 e. The fourth-order valence-corrected chi connectivity index (χ4v) is 4.65. The predicted molar refractivity (Wildman–Crippen MR) is 71.1 cm³/mol. The molecule has 1 aromatic heterocycles. The minimum Gasteiger partial charge on any atom is -0.477 e. The van der Waals surface area contributed by atoms with Crippen molar-refractivity contribution in [2.45, 2.75) is 31.8 Å². The molecule has 0 saturated heterocycles. The second-order valence-electron chi connectivity index (χ2n) is 6.41. The van der Waals surface area contributed by atoms with Gasteiger partial charge in [-0.25, -0.2) is 4.79 Å². The third-order valence-corrected chi connectivity index (χ3v) is 5.43. The van der Waals surface area contributed by atoms with Crippen LogP contribution in [0.3, 0.4) is 0 Å². The molecule has 0 spiro atoms. The van der Waals surface area contributed by atoms with Crippen molar-refractivity contribution in [3.8, 4) is 0 Å². The summed E-state index contributed by atoms with van der Waals surface area (Å²) >= 11 is 0. The van der Waals surface area contributed by atoms with Gasteiger partial charge in [0, 0.05) is 12.2 Å². The van der Waals surface area contributed by atoms with E-state index in [-0.39, 0.29) is 18.1 Å². The largest absolute Gasteiger partial charge is 0.477 e. The third-order valence-electron chi connectivity index (χ3n) is 5.43. The van der Waals surface area contributed by atoms with Crippen LogP contribution in [0.4, 0.5) is 0 Å². The number of hydrogen-bond donors (Lipinski definition) is 2. The van der Waals surface area contributed by atoms with E-state index in [2.05, 4.69) is 5.32 Å². The van der Waals surface area contributed by atoms with Crippen molar-refractivity contribution in [3.05, 3.63) is 24.0 Å². The Morgan fingerprint density at radius 2 is 2.00 bits per heavy atom. The van der Waals surface area contributed by atoms with E-state index in [9.17, 15) is 9.59 Å². The number of carbonyl (C=O) groups excluding carboxylic acids is 1. The molecular weight excluding hydrogens is 256 g/mol. The zero-order valence-corrected chi connectivity index (χ0v) is 11.2. The lowest BCUT2D eigenvalue weighted by atomic mass is 10.0. The van der Waals surface area contributed by atoms with Crippen LogP contribution in [-0.2, 0) is 11.3 Å². The highest BCUT2D eigenvalue weighted by molar-refractivity contribution is 5.87. The topological polar surface area (TPSA) is 71.3 Å². The van der Waals surface area contributed by atoms with Gasteiger partial charge in [0.05, 0.1) is 0 Å². The Balaban J connectivity index is 1.38. The first-order chi connectivity index (χ1) is 9.65. The average molecular weight is 274 g/mol. The molecular formula is C15H18N2O3. The Bertz CT molecular complexity index is 563. The number of fused-ring (bicyclic) bond motifs is 5. The van der Waals surface area contributed by atoms with Crippen LogP contribution in [0.25, 0.3) is 0 Å². The fraction of sp³-hybridized carbons (Fsp3) is 0.600. The van der Waals surface area contributed by atoms with Crippen LogP contribution in [0.2, 0.25) is 0 Å². The lowest BCUT2D eigenvalue weighted by Crippen LogP contribution is -2.33. The number of amides is 1. The van der Waals surface area contributed by atoms with E-state index >= 15 is 0 Å². The number of rotatable bonds is 4. The van der Waals surface area contributed by atoms with Crippen LogP contribution in [-0.4, -0.2) is 27.6 Å². The van der Waals surface area contributed by atoms with Crippen molar-refractivity contribution in [2.75, 3.05) is 0 Å². The second kappa shape index (κ2) is 4.11. The molecule has 5 nitrogen and oxygen atoms in total. The lowest BCUT2D eigenvalue weighted by molar-refractivity contribution is -0.122. The second-order valence-corrected chi connectivity index (χ2v) is 6.41. The summed E-state index contributed by atoms with van der Waals surface area (Å²) in [4.78, 5) is 23.1. The van der Waals surface area contributed by atoms with Crippen molar-refractivity contribution < 1.29 is 14.7 Å². The molecule has 4 unspecified atom stereocenters. The van der Waals surface area contributed by atoms with Gasteiger partial charge >= 0.3 is 5.97 Å². The number of nitrogens with one attached hydrogen (secondary N) is 1. The zero-order valence-electron chi connectivity index (χ0n) is 11.2. The molecule has 1 heterocycles. The number of carboxylic acids is 1. The molecule has 106 valence electrons. The SMILES string of the molecule is O=C(Cn1cccc1C(=O)O)NC1C2C3CCC(C3)C12. The molecule has 2 N–H and O–H groups in total. The molecule has 0 radical (unpaired) electrons. The van der Waals surface area contributed by atoms with Crippen LogP contribution in [0, 0.1) is 23.7 Å². The van der Waals surface area contributed by atoms with Crippen LogP contribution in [0.15, 0.2) is 18.3 Å². The van der Waals surface area contributed by atoms with E-state index in [0.717, 1.165) is 11.8 Å². The molecule has 3 aliphatic carbocycles. The first-order valence-electron chi connectivity index (χ1n) is 7.33. The van der Waals surface area contributed by atoms with Gasteiger partial charge in [-0.2, -0.15) is 0 Å². The van der Waals surface area contributed by atoms with Gasteiger partial charge in [0.1, 0.15) is 12.2 Å². The summed E-state index contributed by atoms with van der Waals surface area (Å²) in [5.41, 5.74) is 0.163. The Labute approximate surface area is 117 Å². The van der Waals surface area contributed by atoms with E-state index in [1.807, 2.05) is 0 Å². The number of aromatic nitrogens is 1. The number of carbonyl (C=O) groups is 2. The van der Waals surface area contributed by atoms with Crippen LogP contribution in [0.5, 0.6) is 0 Å². The Morgan fingerprint density at radius 1 is 1.30 bits per heavy atom. The normalized spacial score (nSPS) is 36.7. The standard InChI is InChI=1S/C15H18N2O3/c18-11(7-17-5-1-2-10(17)15(19)20)16-14-12-8-3-4-9(6-8)13(12)14/h1-2,5,8-9,12-14H,3-4,6-7H2,(H,16,18)(H,19,20). The monoisotopic (exact) mass is 274 g/mol. The highest BCUT2D eigenvalue weighted by Gasteiger charge is 2.65. The van der Waals surface area contributed by atoms with Gasteiger partial charge in [-0.1, -0.05) is 0 Å². The summed E-state index contributed by atoms with van der Waals surface area (Å²) in [5.74, 6) is 2.02. The first kappa shape index (κ1) is 12.0. The van der Waals surface area contributed by atoms with Crippen molar-refractivity contribution in [1.29, 1.82) is 0 Å². The van der Waals surface area contributed by atoms with Gasteiger partial charge < -0.3 is 15.0 Å². The van der Waals surface area contributed by atoms with E-state index in [4.69, 9.17) is 5.11 Å². The summed E-state index contributed by atoms with van der Waals surface area (Å²) in [5, 5.41) is 12.1. The molecule has 3 saturated carbocycles. The Kier molecular flexibility index (Phi) is 2.46. The van der Waals surface area contributed by atoms with Crippen molar-refractivity contribution in [2.24, 2.45) is 23.7 Å². The number of aromatic carboxylic acids is 1. The van der Waals surface area contributed by atoms with Gasteiger partial charge in [0.2, 0.25) is 5.91 Å². The van der Waals surface area contributed by atoms with Crippen molar-refractivity contribution in [1.82, 2.24) is 9.88 Å². The van der Waals surface area contributed by atoms with Gasteiger partial charge in [0.15, 0.2) is 0 Å². The zero-order chi connectivity index (χ0) is 13.9. The third kappa shape index (κ3) is 1.69. The van der Waals surface area contributed by atoms with Crippen molar-refractivity contribution >= 4 is 11.9 Å². The molecule has 2 bridgehead atoms. The van der Waals surface area contributed by atoms with E-state index < -0.39 is 5.97 Å². The average Bonchev–Trinajstić information content (AvgIpc) is 2.82. The summed E-state index contributed by atoms with van der Waals surface area (Å²) in [7, 11) is 0. The molecule has 1 aromatic rings. The fourth-order valence-electron chi connectivity index (χ4n) is 4.65. The Hall–Kier alpha value is -1.78. The highest BCUT2D eigenvalue weighted by Crippen LogP contribution is 2.65. The van der Waals surface area contributed by atoms with E-state index in [0.29, 0.717) is 17.9 Å². The summed E-state index contributed by atoms with van der Waals surface area (Å²) < 4.78 is 1.49. The molecule has 3 fully saturated rings. The first-order valence-corrected chi connectivity index (χ1v) is 7.33. The van der Waals surface area contributed by atoms with Crippen LogP contribution >= 0.6 is 0 Å². The number of hydrogen-bond acceptors (Lipinski definition) is 2. The molecule has 4 atom stereocenters. The molecule has 1 amide bonds. The molecule has 5 heteroatoms. The maximum atomic E-state index is 12.1. The maximum absolute atomic E-state index is 12.1. The lowest BCUT2D eigenvalue weighted by Gasteiger charge is -2.11. The Morgan fingerprint density at radius 3 is 2.65 bits per heavy atom. The van der Waals surface area contributed by atoms with E-state index in [1.165, 1.54) is 29.9 Å². The van der Waals surface area contributed by atoms with Crippen molar-refractivity contribution in [3.63, 3.8) is 0 Å².